The van der Waals surface area contributed by atoms with Crippen LogP contribution in [0.1, 0.15) is 5.56 Å². The molecule has 0 aromatic heterocycles. The number of benzene rings is 2. The number of rotatable bonds is 5. The molecule has 2 rings (SSSR count). The smallest absolute Gasteiger partial charge is 0.339 e. The second-order valence-corrected chi connectivity index (χ2v) is 5.99. The zero-order valence-corrected chi connectivity index (χ0v) is 12.7. The first-order chi connectivity index (χ1) is 10.3. The Bertz CT molecular complexity index is 799. The van der Waals surface area contributed by atoms with E-state index in [4.69, 9.17) is 8.92 Å². The van der Waals surface area contributed by atoms with Crippen molar-refractivity contribution in [3.05, 3.63) is 58.1 Å². The average molecular weight is 323 g/mol. The fourth-order valence-corrected chi connectivity index (χ4v) is 2.65. The largest absolute Gasteiger partial charge is 0.496 e. The second-order valence-electron chi connectivity index (χ2n) is 4.44. The molecule has 2 aromatic rings. The molecule has 0 atom stereocenters. The van der Waals surface area contributed by atoms with Gasteiger partial charge in [-0.15, -0.1) is 0 Å². The summed E-state index contributed by atoms with van der Waals surface area (Å²) >= 11 is 0. The van der Waals surface area contributed by atoms with Gasteiger partial charge in [0.1, 0.15) is 10.6 Å². The Kier molecular flexibility index (Phi) is 4.32. The van der Waals surface area contributed by atoms with Crippen molar-refractivity contribution in [2.75, 3.05) is 7.11 Å². The lowest BCUT2D eigenvalue weighted by Crippen LogP contribution is -2.11. The SMILES string of the molecule is COc1ccc(OS(=O)(=O)c2ccc(C)cc2)c([N+](=O)[O-])c1. The molecule has 0 saturated heterocycles. The quantitative estimate of drug-likeness (QED) is 0.477. The molecule has 8 heteroatoms. The Morgan fingerprint density at radius 1 is 1.09 bits per heavy atom. The van der Waals surface area contributed by atoms with Crippen LogP contribution in [0.5, 0.6) is 11.5 Å². The maximum atomic E-state index is 12.2. The third kappa shape index (κ3) is 3.34. The summed E-state index contributed by atoms with van der Waals surface area (Å²) in [4.78, 5) is 10.2. The number of aryl methyl sites for hydroxylation is 1. The van der Waals surface area contributed by atoms with Gasteiger partial charge in [-0.1, -0.05) is 17.7 Å². The van der Waals surface area contributed by atoms with Crippen molar-refractivity contribution < 1.29 is 22.3 Å². The first-order valence-corrected chi connectivity index (χ1v) is 7.58. The molecule has 0 bridgehead atoms. The van der Waals surface area contributed by atoms with E-state index >= 15 is 0 Å². The molecule has 0 aliphatic carbocycles. The van der Waals surface area contributed by atoms with Crippen molar-refractivity contribution in [3.8, 4) is 11.5 Å². The molecule has 7 nitrogen and oxygen atoms in total. The topological polar surface area (TPSA) is 95.7 Å². The highest BCUT2D eigenvalue weighted by atomic mass is 32.2. The van der Waals surface area contributed by atoms with Gasteiger partial charge in [0.2, 0.25) is 5.75 Å². The Balaban J connectivity index is 2.41. The molecule has 0 unspecified atom stereocenters. The summed E-state index contributed by atoms with van der Waals surface area (Å²) in [5.41, 5.74) is 0.393. The Morgan fingerprint density at radius 2 is 1.73 bits per heavy atom. The zero-order valence-electron chi connectivity index (χ0n) is 11.8. The highest BCUT2D eigenvalue weighted by Gasteiger charge is 2.24. The standard InChI is InChI=1S/C14H13NO6S/c1-10-3-6-12(7-4-10)22(18,19)21-14-8-5-11(20-2)9-13(14)15(16)17/h3-9H,1-2H3. The molecule has 0 N–H and O–H groups in total. The molecule has 0 saturated carbocycles. The first kappa shape index (κ1) is 15.8. The molecule has 0 fully saturated rings. The van der Waals surface area contributed by atoms with E-state index in [1.54, 1.807) is 12.1 Å². The van der Waals surface area contributed by atoms with E-state index in [2.05, 4.69) is 0 Å². The number of nitro benzene ring substituents is 1. The highest BCUT2D eigenvalue weighted by Crippen LogP contribution is 2.33. The number of nitrogens with zero attached hydrogens (tertiary/aromatic N) is 1. The Hall–Kier alpha value is -2.61. The molecule has 116 valence electrons. The summed E-state index contributed by atoms with van der Waals surface area (Å²) in [7, 11) is -2.80. The van der Waals surface area contributed by atoms with Crippen molar-refractivity contribution >= 4 is 15.8 Å². The normalized spacial score (nSPS) is 11.0. The highest BCUT2D eigenvalue weighted by molar-refractivity contribution is 7.87. The molecular weight excluding hydrogens is 310 g/mol. The van der Waals surface area contributed by atoms with E-state index in [-0.39, 0.29) is 16.4 Å². The predicted molar refractivity (Wildman–Crippen MR) is 78.6 cm³/mol. The summed E-state index contributed by atoms with van der Waals surface area (Å²) in [5, 5.41) is 11.0. The summed E-state index contributed by atoms with van der Waals surface area (Å²) in [5.74, 6) is -0.141. The van der Waals surface area contributed by atoms with E-state index < -0.39 is 20.7 Å². The fraction of sp³-hybridized carbons (Fsp3) is 0.143. The van der Waals surface area contributed by atoms with Gasteiger partial charge < -0.3 is 8.92 Å². The maximum absolute atomic E-state index is 12.2. The predicted octanol–water partition coefficient (Wildman–Crippen LogP) is 2.68. The monoisotopic (exact) mass is 323 g/mol. The minimum absolute atomic E-state index is 0.0804. The van der Waals surface area contributed by atoms with Gasteiger partial charge in [-0.3, -0.25) is 10.1 Å². The maximum Gasteiger partial charge on any atom is 0.339 e. The van der Waals surface area contributed by atoms with Crippen LogP contribution in [0.25, 0.3) is 0 Å². The third-order valence-corrected chi connectivity index (χ3v) is 4.12. The molecule has 0 heterocycles. The van der Waals surface area contributed by atoms with Crippen molar-refractivity contribution in [2.24, 2.45) is 0 Å². The molecule has 2 aromatic carbocycles. The molecule has 0 spiro atoms. The van der Waals surface area contributed by atoms with E-state index in [1.807, 2.05) is 6.92 Å². The van der Waals surface area contributed by atoms with Crippen LogP contribution in [0.4, 0.5) is 5.69 Å². The number of ether oxygens (including phenoxy) is 1. The van der Waals surface area contributed by atoms with Gasteiger partial charge in [0.25, 0.3) is 0 Å². The van der Waals surface area contributed by atoms with Gasteiger partial charge in [0, 0.05) is 0 Å². The lowest BCUT2D eigenvalue weighted by Gasteiger charge is -2.08. The number of hydrogen-bond donors (Lipinski definition) is 0. The average Bonchev–Trinajstić information content (AvgIpc) is 2.47. The van der Waals surface area contributed by atoms with Crippen LogP contribution in [0.15, 0.2) is 47.4 Å². The second kappa shape index (κ2) is 6.02. The van der Waals surface area contributed by atoms with Gasteiger partial charge in [-0.2, -0.15) is 8.42 Å². The van der Waals surface area contributed by atoms with Gasteiger partial charge in [0.05, 0.1) is 18.1 Å². The van der Waals surface area contributed by atoms with Crippen LogP contribution < -0.4 is 8.92 Å². The summed E-state index contributed by atoms with van der Waals surface area (Å²) in [6, 6.07) is 9.63. The molecule has 0 aliphatic heterocycles. The van der Waals surface area contributed by atoms with Crippen LogP contribution in [0.2, 0.25) is 0 Å². The van der Waals surface area contributed by atoms with Gasteiger partial charge in [-0.25, -0.2) is 0 Å². The lowest BCUT2D eigenvalue weighted by molar-refractivity contribution is -0.385. The summed E-state index contributed by atoms with van der Waals surface area (Å²) in [6.07, 6.45) is 0. The van der Waals surface area contributed by atoms with E-state index in [1.165, 1.54) is 31.4 Å². The van der Waals surface area contributed by atoms with E-state index in [0.29, 0.717) is 0 Å². The van der Waals surface area contributed by atoms with Crippen molar-refractivity contribution in [2.45, 2.75) is 11.8 Å². The van der Waals surface area contributed by atoms with Crippen molar-refractivity contribution in [3.63, 3.8) is 0 Å². The Labute approximate surface area is 127 Å². The van der Waals surface area contributed by atoms with Gasteiger partial charge in [0.15, 0.2) is 0 Å². The molecule has 0 radical (unpaired) electrons. The summed E-state index contributed by atoms with van der Waals surface area (Å²) < 4.78 is 34.1. The zero-order chi connectivity index (χ0) is 16.3. The number of methoxy groups -OCH3 is 1. The molecule has 22 heavy (non-hydrogen) atoms. The van der Waals surface area contributed by atoms with Crippen LogP contribution >= 0.6 is 0 Å². The lowest BCUT2D eigenvalue weighted by atomic mass is 10.2. The number of nitro groups is 1. The molecule has 0 aliphatic rings. The van der Waals surface area contributed by atoms with Crippen LogP contribution in [-0.4, -0.2) is 20.5 Å². The fourth-order valence-electron chi connectivity index (χ4n) is 1.71. The van der Waals surface area contributed by atoms with Crippen molar-refractivity contribution in [1.29, 1.82) is 0 Å². The Morgan fingerprint density at radius 3 is 2.27 bits per heavy atom. The summed E-state index contributed by atoms with van der Waals surface area (Å²) in [6.45, 7) is 1.81. The third-order valence-electron chi connectivity index (χ3n) is 2.87. The van der Waals surface area contributed by atoms with Crippen LogP contribution in [-0.2, 0) is 10.1 Å². The minimum Gasteiger partial charge on any atom is -0.496 e. The van der Waals surface area contributed by atoms with Gasteiger partial charge in [-0.05, 0) is 31.2 Å². The minimum atomic E-state index is -4.15. The van der Waals surface area contributed by atoms with E-state index in [0.717, 1.165) is 11.6 Å². The first-order valence-electron chi connectivity index (χ1n) is 6.17. The molecular formula is C14H13NO6S. The van der Waals surface area contributed by atoms with Crippen molar-refractivity contribution in [1.82, 2.24) is 0 Å². The number of hydrogen-bond acceptors (Lipinski definition) is 6. The van der Waals surface area contributed by atoms with E-state index in [9.17, 15) is 18.5 Å². The molecule has 0 amide bonds. The van der Waals surface area contributed by atoms with Gasteiger partial charge >= 0.3 is 15.8 Å². The van der Waals surface area contributed by atoms with Crippen LogP contribution in [0.3, 0.4) is 0 Å². The van der Waals surface area contributed by atoms with Crippen LogP contribution in [0, 0.1) is 17.0 Å².